The average Bonchev–Trinajstić information content (AvgIpc) is 2.48. The second-order valence-electron chi connectivity index (χ2n) is 5.56. The van der Waals surface area contributed by atoms with Gasteiger partial charge in [-0.05, 0) is 54.4 Å². The third kappa shape index (κ3) is 4.83. The number of nitrogens with one attached hydrogen (secondary N) is 1. The highest BCUT2D eigenvalue weighted by Gasteiger charge is 2.13. The zero-order valence-corrected chi connectivity index (χ0v) is 16.2. The number of ether oxygens (including phenoxy) is 1. The number of halogens is 2. The molecule has 0 heterocycles. The van der Waals surface area contributed by atoms with Crippen molar-refractivity contribution in [2.75, 3.05) is 0 Å². The molecule has 2 nitrogen and oxygen atoms in total. The van der Waals surface area contributed by atoms with Gasteiger partial charge in [-0.2, -0.15) is 0 Å². The van der Waals surface area contributed by atoms with Crippen molar-refractivity contribution in [1.82, 2.24) is 5.32 Å². The van der Waals surface area contributed by atoms with Crippen LogP contribution in [-0.2, 0) is 6.54 Å². The molecular weight excluding hydrogens is 406 g/mol. The summed E-state index contributed by atoms with van der Waals surface area (Å²) in [5.74, 6) is 0.908. The molecule has 0 amide bonds. The quantitative estimate of drug-likeness (QED) is 0.625. The second-order valence-corrected chi connectivity index (χ2v) is 7.33. The van der Waals surface area contributed by atoms with Crippen LogP contribution >= 0.6 is 31.9 Å². The predicted molar refractivity (Wildman–Crippen MR) is 99.3 cm³/mol. The number of hydrogen-bond donors (Lipinski definition) is 1. The maximum atomic E-state index is 5.96. The fourth-order valence-corrected chi connectivity index (χ4v) is 3.64. The van der Waals surface area contributed by atoms with Gasteiger partial charge >= 0.3 is 0 Å². The number of benzene rings is 2. The van der Waals surface area contributed by atoms with Crippen LogP contribution in [0.2, 0.25) is 0 Å². The van der Waals surface area contributed by atoms with Crippen molar-refractivity contribution < 1.29 is 4.74 Å². The van der Waals surface area contributed by atoms with Crippen molar-refractivity contribution in [3.8, 4) is 5.75 Å². The molecule has 0 bridgehead atoms. The largest absolute Gasteiger partial charge is 0.489 e. The van der Waals surface area contributed by atoms with Crippen molar-refractivity contribution in [2.24, 2.45) is 0 Å². The van der Waals surface area contributed by atoms with Crippen LogP contribution in [0, 0.1) is 0 Å². The van der Waals surface area contributed by atoms with Gasteiger partial charge in [0.2, 0.25) is 0 Å². The molecule has 0 aliphatic carbocycles. The topological polar surface area (TPSA) is 21.3 Å². The monoisotopic (exact) mass is 425 g/mol. The van der Waals surface area contributed by atoms with Crippen molar-refractivity contribution >= 4 is 31.9 Å². The standard InChI is InChI=1S/C18H21Br2NO/c1-12(2)22-18-15(9-16(19)10-17(18)20)11-21-13(3)14-7-5-4-6-8-14/h4-10,12-13,21H,11H2,1-3H3. The molecule has 1 N–H and O–H groups in total. The van der Waals surface area contributed by atoms with E-state index in [1.165, 1.54) is 5.56 Å². The molecule has 1 atom stereocenters. The van der Waals surface area contributed by atoms with Gasteiger partial charge in [-0.1, -0.05) is 46.3 Å². The van der Waals surface area contributed by atoms with Crippen LogP contribution < -0.4 is 10.1 Å². The molecule has 0 aliphatic rings. The van der Waals surface area contributed by atoms with Crippen LogP contribution in [0.5, 0.6) is 5.75 Å². The van der Waals surface area contributed by atoms with Gasteiger partial charge in [-0.3, -0.25) is 0 Å². The van der Waals surface area contributed by atoms with Gasteiger partial charge in [0.15, 0.2) is 0 Å². The molecular formula is C18H21Br2NO. The molecule has 2 aromatic rings. The predicted octanol–water partition coefficient (Wildman–Crippen LogP) is 5.85. The molecule has 0 saturated heterocycles. The highest BCUT2D eigenvalue weighted by atomic mass is 79.9. The van der Waals surface area contributed by atoms with Crippen molar-refractivity contribution in [3.05, 3.63) is 62.5 Å². The Morgan fingerprint density at radius 1 is 1.05 bits per heavy atom. The first-order valence-electron chi connectivity index (χ1n) is 7.40. The summed E-state index contributed by atoms with van der Waals surface area (Å²) in [7, 11) is 0. The first-order valence-corrected chi connectivity index (χ1v) is 8.99. The maximum Gasteiger partial charge on any atom is 0.138 e. The van der Waals surface area contributed by atoms with Crippen LogP contribution in [-0.4, -0.2) is 6.10 Å². The van der Waals surface area contributed by atoms with E-state index in [0.29, 0.717) is 0 Å². The first kappa shape index (κ1) is 17.5. The van der Waals surface area contributed by atoms with E-state index in [2.05, 4.69) is 74.4 Å². The lowest BCUT2D eigenvalue weighted by Crippen LogP contribution is -2.19. The van der Waals surface area contributed by atoms with Crippen molar-refractivity contribution in [1.29, 1.82) is 0 Å². The highest BCUT2D eigenvalue weighted by Crippen LogP contribution is 2.34. The lowest BCUT2D eigenvalue weighted by molar-refractivity contribution is 0.237. The fourth-order valence-electron chi connectivity index (χ4n) is 2.24. The smallest absolute Gasteiger partial charge is 0.138 e. The van der Waals surface area contributed by atoms with Gasteiger partial charge in [0.25, 0.3) is 0 Å². The van der Waals surface area contributed by atoms with Crippen LogP contribution in [0.3, 0.4) is 0 Å². The van der Waals surface area contributed by atoms with Crippen LogP contribution in [0.4, 0.5) is 0 Å². The second kappa shape index (κ2) is 8.14. The minimum absolute atomic E-state index is 0.141. The molecule has 4 heteroatoms. The summed E-state index contributed by atoms with van der Waals surface area (Å²) in [5, 5.41) is 3.56. The molecule has 0 fully saturated rings. The normalized spacial score (nSPS) is 12.5. The Hall–Kier alpha value is -0.840. The summed E-state index contributed by atoms with van der Waals surface area (Å²) in [6, 6.07) is 14.9. The zero-order valence-electron chi connectivity index (χ0n) is 13.1. The van der Waals surface area contributed by atoms with Crippen molar-refractivity contribution in [2.45, 2.75) is 39.5 Å². The van der Waals surface area contributed by atoms with E-state index in [-0.39, 0.29) is 12.1 Å². The summed E-state index contributed by atoms with van der Waals surface area (Å²) in [5.41, 5.74) is 2.42. The Morgan fingerprint density at radius 2 is 1.73 bits per heavy atom. The average molecular weight is 427 g/mol. The Kier molecular flexibility index (Phi) is 6.48. The summed E-state index contributed by atoms with van der Waals surface area (Å²) >= 11 is 7.15. The molecule has 118 valence electrons. The molecule has 0 spiro atoms. The zero-order chi connectivity index (χ0) is 16.1. The fraction of sp³-hybridized carbons (Fsp3) is 0.333. The van der Waals surface area contributed by atoms with Crippen LogP contribution in [0.1, 0.15) is 37.9 Å². The first-order chi connectivity index (χ1) is 10.5. The van der Waals surface area contributed by atoms with Crippen molar-refractivity contribution in [3.63, 3.8) is 0 Å². The van der Waals surface area contributed by atoms with E-state index in [4.69, 9.17) is 4.74 Å². The molecule has 2 aromatic carbocycles. The summed E-state index contributed by atoms with van der Waals surface area (Å²) in [6.45, 7) is 7.00. The molecule has 0 radical (unpaired) electrons. The molecule has 0 aliphatic heterocycles. The summed E-state index contributed by atoms with van der Waals surface area (Å²) in [6.07, 6.45) is 0.141. The molecule has 0 aromatic heterocycles. The van der Waals surface area contributed by atoms with E-state index >= 15 is 0 Å². The van der Waals surface area contributed by atoms with Crippen LogP contribution in [0.25, 0.3) is 0 Å². The molecule has 2 rings (SSSR count). The van der Waals surface area contributed by atoms with Gasteiger partial charge in [0.05, 0.1) is 10.6 Å². The minimum Gasteiger partial charge on any atom is -0.489 e. The van der Waals surface area contributed by atoms with E-state index < -0.39 is 0 Å². The Morgan fingerprint density at radius 3 is 2.36 bits per heavy atom. The SMILES string of the molecule is CC(C)Oc1c(Br)cc(Br)cc1CNC(C)c1ccccc1. The van der Waals surface area contributed by atoms with Gasteiger partial charge in [-0.25, -0.2) is 0 Å². The third-order valence-corrected chi connectivity index (χ3v) is 4.38. The lowest BCUT2D eigenvalue weighted by Gasteiger charge is -2.19. The summed E-state index contributed by atoms with van der Waals surface area (Å²) < 4.78 is 7.97. The molecule has 1 unspecified atom stereocenters. The molecule has 22 heavy (non-hydrogen) atoms. The third-order valence-electron chi connectivity index (χ3n) is 3.34. The van der Waals surface area contributed by atoms with E-state index in [1.807, 2.05) is 26.0 Å². The summed E-state index contributed by atoms with van der Waals surface area (Å²) in [4.78, 5) is 0. The van der Waals surface area contributed by atoms with Gasteiger partial charge in [-0.15, -0.1) is 0 Å². The van der Waals surface area contributed by atoms with Gasteiger partial charge < -0.3 is 10.1 Å². The maximum absolute atomic E-state index is 5.96. The highest BCUT2D eigenvalue weighted by molar-refractivity contribution is 9.11. The number of hydrogen-bond acceptors (Lipinski definition) is 2. The Balaban J connectivity index is 2.15. The van der Waals surface area contributed by atoms with Gasteiger partial charge in [0.1, 0.15) is 5.75 Å². The Labute approximate surface area is 149 Å². The van der Waals surface area contributed by atoms with E-state index in [9.17, 15) is 0 Å². The van der Waals surface area contributed by atoms with E-state index in [1.54, 1.807) is 0 Å². The van der Waals surface area contributed by atoms with E-state index in [0.717, 1.165) is 26.8 Å². The molecule has 0 saturated carbocycles. The van der Waals surface area contributed by atoms with Crippen LogP contribution in [0.15, 0.2) is 51.4 Å². The minimum atomic E-state index is 0.141. The van der Waals surface area contributed by atoms with Gasteiger partial charge in [0, 0.05) is 22.6 Å². The number of rotatable bonds is 6. The Bertz CT molecular complexity index is 614. The lowest BCUT2D eigenvalue weighted by atomic mass is 10.1.